The van der Waals surface area contributed by atoms with Gasteiger partial charge in [-0.1, -0.05) is 11.3 Å². The Balaban J connectivity index is 1.56. The van der Waals surface area contributed by atoms with Gasteiger partial charge in [-0.05, 0) is 33.9 Å². The number of imidazole rings is 1. The molecule has 9 heteroatoms. The molecule has 3 rings (SSSR count). The van der Waals surface area contributed by atoms with Crippen LogP contribution in [0.25, 0.3) is 4.96 Å². The van der Waals surface area contributed by atoms with Crippen molar-refractivity contribution in [2.24, 2.45) is 0 Å². The number of aryl methyl sites for hydroxylation is 1. The fraction of sp³-hybridized carbons (Fsp3) is 0.688. The highest BCUT2D eigenvalue weighted by Gasteiger charge is 2.22. The molecule has 0 radical (unpaired) electrons. The molecule has 8 nitrogen and oxygen atoms in total. The largest absolute Gasteiger partial charge is 0.376 e. The maximum atomic E-state index is 12.6. The van der Waals surface area contributed by atoms with Crippen molar-refractivity contribution in [2.45, 2.75) is 32.4 Å². The Kier molecular flexibility index (Phi) is 5.87. The highest BCUT2D eigenvalue weighted by atomic mass is 32.1. The molecule has 0 aliphatic carbocycles. The Bertz CT molecular complexity index is 675. The molecule has 1 atom stereocenters. The van der Waals surface area contributed by atoms with Crippen molar-refractivity contribution >= 4 is 22.3 Å². The van der Waals surface area contributed by atoms with Crippen molar-refractivity contribution in [1.82, 2.24) is 29.7 Å². The van der Waals surface area contributed by atoms with Gasteiger partial charge < -0.3 is 19.9 Å². The molecule has 25 heavy (non-hydrogen) atoms. The van der Waals surface area contributed by atoms with E-state index in [0.29, 0.717) is 19.6 Å². The lowest BCUT2D eigenvalue weighted by Crippen LogP contribution is -2.46. The fourth-order valence-electron chi connectivity index (χ4n) is 2.84. The van der Waals surface area contributed by atoms with E-state index in [0.717, 1.165) is 41.7 Å². The molecule has 1 fully saturated rings. The summed E-state index contributed by atoms with van der Waals surface area (Å²) >= 11 is 1.54. The minimum Gasteiger partial charge on any atom is -0.376 e. The summed E-state index contributed by atoms with van der Waals surface area (Å²) in [5, 5.41) is 8.29. The molecule has 2 aromatic rings. The Hall–Kier alpha value is -1.71. The second kappa shape index (κ2) is 8.11. The van der Waals surface area contributed by atoms with Gasteiger partial charge in [0.25, 0.3) is 0 Å². The Morgan fingerprint density at radius 1 is 1.48 bits per heavy atom. The summed E-state index contributed by atoms with van der Waals surface area (Å²) in [5.41, 5.74) is 0.816. The van der Waals surface area contributed by atoms with Crippen LogP contribution in [0.1, 0.15) is 23.5 Å². The molecule has 1 aliphatic heterocycles. The van der Waals surface area contributed by atoms with E-state index >= 15 is 0 Å². The number of rotatable bonds is 7. The van der Waals surface area contributed by atoms with Crippen molar-refractivity contribution < 1.29 is 9.53 Å². The van der Waals surface area contributed by atoms with Gasteiger partial charge in [-0.2, -0.15) is 5.10 Å². The van der Waals surface area contributed by atoms with Crippen LogP contribution in [0.3, 0.4) is 0 Å². The summed E-state index contributed by atoms with van der Waals surface area (Å²) in [5.74, 6) is 0. The summed E-state index contributed by atoms with van der Waals surface area (Å²) < 4.78 is 7.45. The van der Waals surface area contributed by atoms with Gasteiger partial charge in [-0.3, -0.25) is 0 Å². The van der Waals surface area contributed by atoms with Crippen LogP contribution in [0.15, 0.2) is 6.20 Å². The number of hydrogen-bond donors (Lipinski definition) is 1. The average Bonchev–Trinajstić information content (AvgIpc) is 3.25. The molecule has 0 spiro atoms. The number of carbonyl (C=O) groups is 1. The number of hydrogen-bond acceptors (Lipinski definition) is 6. The van der Waals surface area contributed by atoms with E-state index in [1.807, 2.05) is 32.1 Å². The molecule has 2 amide bonds. The van der Waals surface area contributed by atoms with Crippen molar-refractivity contribution in [3.8, 4) is 0 Å². The first kappa shape index (κ1) is 18.1. The van der Waals surface area contributed by atoms with Gasteiger partial charge in [0, 0.05) is 26.2 Å². The first-order valence-corrected chi connectivity index (χ1v) is 9.43. The lowest BCUT2D eigenvalue weighted by molar-refractivity contribution is 0.0795. The number of aromatic nitrogens is 3. The number of carbonyl (C=O) groups excluding carboxylic acids is 1. The molecule has 138 valence electrons. The van der Waals surface area contributed by atoms with Crippen LogP contribution in [0.4, 0.5) is 4.79 Å². The molecule has 3 heterocycles. The zero-order valence-corrected chi connectivity index (χ0v) is 15.9. The second-order valence-electron chi connectivity index (χ2n) is 6.62. The summed E-state index contributed by atoms with van der Waals surface area (Å²) in [6, 6.07) is -0.0714. The van der Waals surface area contributed by atoms with E-state index in [-0.39, 0.29) is 12.1 Å². The highest BCUT2D eigenvalue weighted by Crippen LogP contribution is 2.15. The van der Waals surface area contributed by atoms with Crippen LogP contribution in [0, 0.1) is 6.92 Å². The van der Waals surface area contributed by atoms with Gasteiger partial charge in [0.1, 0.15) is 5.01 Å². The van der Waals surface area contributed by atoms with E-state index in [1.54, 1.807) is 15.9 Å². The first-order valence-electron chi connectivity index (χ1n) is 8.62. The smallest absolute Gasteiger partial charge is 0.317 e. The third-order valence-electron chi connectivity index (χ3n) is 4.17. The van der Waals surface area contributed by atoms with Gasteiger partial charge in [0.2, 0.25) is 4.96 Å². The van der Waals surface area contributed by atoms with E-state index in [2.05, 4.69) is 20.3 Å². The summed E-state index contributed by atoms with van der Waals surface area (Å²) in [7, 11) is 4.02. The number of nitrogens with one attached hydrogen (secondary N) is 1. The molecular formula is C16H26N6O2S. The number of likely N-dealkylation sites (N-methyl/N-ethyl adjacent to an activating group) is 1. The molecule has 1 N–H and O–H groups in total. The number of ether oxygens (including phenoxy) is 1. The van der Waals surface area contributed by atoms with Crippen LogP contribution in [-0.4, -0.2) is 76.9 Å². The Morgan fingerprint density at radius 3 is 3.00 bits per heavy atom. The molecule has 1 unspecified atom stereocenters. The normalized spacial score (nSPS) is 17.5. The Morgan fingerprint density at radius 2 is 2.32 bits per heavy atom. The standard InChI is InChI=1S/C16H26N6O2S/c1-12-19-22-10-13(18-16(22)25-12)9-17-15(23)21(7-6-20(2)3)11-14-5-4-8-24-14/h10,14H,4-9,11H2,1-3H3,(H,17,23). The fourth-order valence-corrected chi connectivity index (χ4v) is 3.58. The maximum absolute atomic E-state index is 12.6. The quantitative estimate of drug-likeness (QED) is 0.801. The van der Waals surface area contributed by atoms with Gasteiger partial charge in [-0.25, -0.2) is 14.3 Å². The molecular weight excluding hydrogens is 340 g/mol. The monoisotopic (exact) mass is 366 g/mol. The number of nitrogens with zero attached hydrogens (tertiary/aromatic N) is 5. The van der Waals surface area contributed by atoms with Crippen LogP contribution in [0.2, 0.25) is 0 Å². The predicted octanol–water partition coefficient (Wildman–Crippen LogP) is 1.35. The van der Waals surface area contributed by atoms with Gasteiger partial charge in [-0.15, -0.1) is 0 Å². The van der Waals surface area contributed by atoms with Crippen LogP contribution >= 0.6 is 11.3 Å². The molecule has 2 aromatic heterocycles. The van der Waals surface area contributed by atoms with E-state index in [1.165, 1.54) is 0 Å². The third kappa shape index (κ3) is 4.90. The van der Waals surface area contributed by atoms with Crippen LogP contribution in [0.5, 0.6) is 0 Å². The van der Waals surface area contributed by atoms with Crippen molar-refractivity contribution in [3.05, 3.63) is 16.9 Å². The van der Waals surface area contributed by atoms with Gasteiger partial charge >= 0.3 is 6.03 Å². The summed E-state index contributed by atoms with van der Waals surface area (Å²) in [4.78, 5) is 21.9. The molecule has 1 aliphatic rings. The lowest BCUT2D eigenvalue weighted by atomic mass is 10.2. The SMILES string of the molecule is Cc1nn2cc(CNC(=O)N(CCN(C)C)CC3CCCO3)nc2s1. The van der Waals surface area contributed by atoms with E-state index < -0.39 is 0 Å². The highest BCUT2D eigenvalue weighted by molar-refractivity contribution is 7.16. The number of fused-ring (bicyclic) bond motifs is 1. The molecule has 1 saturated heterocycles. The minimum absolute atomic E-state index is 0.0714. The lowest BCUT2D eigenvalue weighted by Gasteiger charge is -2.26. The van der Waals surface area contributed by atoms with E-state index in [4.69, 9.17) is 4.74 Å². The van der Waals surface area contributed by atoms with E-state index in [9.17, 15) is 4.79 Å². The third-order valence-corrected chi connectivity index (χ3v) is 5.01. The molecule has 0 bridgehead atoms. The molecule has 0 saturated carbocycles. The van der Waals surface area contributed by atoms with Gasteiger partial charge in [0.05, 0.1) is 24.5 Å². The first-order chi connectivity index (χ1) is 12.0. The molecule has 0 aromatic carbocycles. The van der Waals surface area contributed by atoms with Crippen molar-refractivity contribution in [2.75, 3.05) is 40.3 Å². The zero-order chi connectivity index (χ0) is 17.8. The van der Waals surface area contributed by atoms with Crippen molar-refractivity contribution in [1.29, 1.82) is 0 Å². The number of amides is 2. The Labute approximate surface area is 151 Å². The van der Waals surface area contributed by atoms with Crippen LogP contribution < -0.4 is 5.32 Å². The average molecular weight is 366 g/mol. The topological polar surface area (TPSA) is 75.0 Å². The van der Waals surface area contributed by atoms with Crippen LogP contribution in [-0.2, 0) is 11.3 Å². The summed E-state index contributed by atoms with van der Waals surface area (Å²) in [6.45, 7) is 5.29. The summed E-state index contributed by atoms with van der Waals surface area (Å²) in [6.07, 6.45) is 4.11. The van der Waals surface area contributed by atoms with Gasteiger partial charge in [0.15, 0.2) is 0 Å². The van der Waals surface area contributed by atoms with Crippen molar-refractivity contribution in [3.63, 3.8) is 0 Å². The maximum Gasteiger partial charge on any atom is 0.317 e. The zero-order valence-electron chi connectivity index (χ0n) is 15.1. The minimum atomic E-state index is -0.0714. The predicted molar refractivity (Wildman–Crippen MR) is 96.9 cm³/mol. The second-order valence-corrected chi connectivity index (χ2v) is 7.78. The number of urea groups is 1.